The summed E-state index contributed by atoms with van der Waals surface area (Å²) in [6.07, 6.45) is 1.36. The van der Waals surface area contributed by atoms with E-state index in [2.05, 4.69) is 21.2 Å². The Hall–Kier alpha value is -3.17. The van der Waals surface area contributed by atoms with E-state index in [1.807, 2.05) is 95.3 Å². The summed E-state index contributed by atoms with van der Waals surface area (Å²) in [5, 5.41) is 3.03. The van der Waals surface area contributed by atoms with Gasteiger partial charge in [-0.15, -0.1) is 0 Å². The van der Waals surface area contributed by atoms with Crippen LogP contribution in [0.25, 0.3) is 0 Å². The van der Waals surface area contributed by atoms with Gasteiger partial charge in [0.2, 0.25) is 21.8 Å². The Morgan fingerprint density at radius 3 is 2.15 bits per heavy atom. The minimum atomic E-state index is -3.82. The second kappa shape index (κ2) is 13.0. The van der Waals surface area contributed by atoms with Crippen molar-refractivity contribution >= 4 is 43.5 Å². The third-order valence-electron chi connectivity index (χ3n) is 6.54. The largest absolute Gasteiger partial charge is 0.350 e. The third-order valence-corrected chi connectivity index (χ3v) is 8.15. The first-order valence-corrected chi connectivity index (χ1v) is 15.7. The summed E-state index contributed by atoms with van der Waals surface area (Å²) in [6, 6.07) is 21.5. The van der Waals surface area contributed by atoms with Gasteiger partial charge in [0.25, 0.3) is 0 Å². The number of benzene rings is 3. The molecule has 0 radical (unpaired) electrons. The highest BCUT2D eigenvalue weighted by molar-refractivity contribution is 9.10. The van der Waals surface area contributed by atoms with Crippen molar-refractivity contribution in [1.29, 1.82) is 0 Å². The highest BCUT2D eigenvalue weighted by Gasteiger charge is 2.34. The lowest BCUT2D eigenvalue weighted by Crippen LogP contribution is -2.56. The normalized spacial score (nSPS) is 12.5. The molecular weight excluding hydrogens is 590 g/mol. The quantitative estimate of drug-likeness (QED) is 0.327. The smallest absolute Gasteiger partial charge is 0.244 e. The van der Waals surface area contributed by atoms with Crippen LogP contribution in [0.5, 0.6) is 0 Å². The van der Waals surface area contributed by atoms with Gasteiger partial charge in [0, 0.05) is 23.0 Å². The number of sulfonamides is 1. The van der Waals surface area contributed by atoms with E-state index in [4.69, 9.17) is 0 Å². The number of amides is 2. The van der Waals surface area contributed by atoms with E-state index in [-0.39, 0.29) is 18.9 Å². The maximum absolute atomic E-state index is 14.2. The molecule has 0 aliphatic rings. The fraction of sp³-hybridized carbons (Fsp3) is 0.355. The number of carbonyl (C=O) groups excluding carboxylic acids is 2. The average Bonchev–Trinajstić information content (AvgIpc) is 2.85. The minimum Gasteiger partial charge on any atom is -0.350 e. The second-order valence-corrected chi connectivity index (χ2v) is 13.9. The molecule has 3 aromatic carbocycles. The summed E-state index contributed by atoms with van der Waals surface area (Å²) < 4.78 is 28.0. The van der Waals surface area contributed by atoms with Crippen LogP contribution in [0.15, 0.2) is 77.3 Å². The molecular formula is C31H38BrN3O4S. The SMILES string of the molecule is Cc1cccc(N(CC(=O)N(Cc2cccc(Br)c2)[C@@H](Cc2ccccc2)C(=O)NC(C)(C)C)S(C)(=O)=O)c1C. The molecule has 0 aliphatic carbocycles. The summed E-state index contributed by atoms with van der Waals surface area (Å²) in [5.74, 6) is -0.784. The molecule has 0 unspecified atom stereocenters. The van der Waals surface area contributed by atoms with Crippen LogP contribution in [0.2, 0.25) is 0 Å². The predicted molar refractivity (Wildman–Crippen MR) is 165 cm³/mol. The zero-order valence-electron chi connectivity index (χ0n) is 23.9. The fourth-order valence-corrected chi connectivity index (χ4v) is 5.79. The second-order valence-electron chi connectivity index (χ2n) is 11.1. The summed E-state index contributed by atoms with van der Waals surface area (Å²) in [4.78, 5) is 29.5. The van der Waals surface area contributed by atoms with Crippen LogP contribution in [0.3, 0.4) is 0 Å². The van der Waals surface area contributed by atoms with E-state index in [1.165, 1.54) is 4.90 Å². The number of hydrogen-bond acceptors (Lipinski definition) is 4. The van der Waals surface area contributed by atoms with E-state index in [9.17, 15) is 18.0 Å². The van der Waals surface area contributed by atoms with Crippen LogP contribution in [0, 0.1) is 13.8 Å². The maximum Gasteiger partial charge on any atom is 0.244 e. The molecule has 9 heteroatoms. The Kier molecular flexibility index (Phi) is 10.2. The van der Waals surface area contributed by atoms with E-state index in [0.717, 1.165) is 37.3 Å². The Labute approximate surface area is 246 Å². The Morgan fingerprint density at radius 2 is 1.55 bits per heavy atom. The molecule has 40 heavy (non-hydrogen) atoms. The van der Waals surface area contributed by atoms with Gasteiger partial charge >= 0.3 is 0 Å². The van der Waals surface area contributed by atoms with Gasteiger partial charge in [-0.3, -0.25) is 13.9 Å². The van der Waals surface area contributed by atoms with Gasteiger partial charge in [0.05, 0.1) is 11.9 Å². The standard InChI is InChI=1S/C31H38BrN3O4S/c1-22-12-10-17-27(23(22)2)35(40(6,38)39)21-29(36)34(20-25-15-11-16-26(32)18-25)28(30(37)33-31(3,4)5)19-24-13-8-7-9-14-24/h7-18,28H,19-21H2,1-6H3,(H,33,37)/t28-/m0/s1. The predicted octanol–water partition coefficient (Wildman–Crippen LogP) is 5.39. The lowest BCUT2D eigenvalue weighted by molar-refractivity contribution is -0.140. The van der Waals surface area contributed by atoms with Crippen LogP contribution in [-0.4, -0.2) is 49.5 Å². The van der Waals surface area contributed by atoms with Crippen LogP contribution in [0.4, 0.5) is 5.69 Å². The van der Waals surface area contributed by atoms with Crippen molar-refractivity contribution in [3.8, 4) is 0 Å². The number of anilines is 1. The van der Waals surface area contributed by atoms with Crippen molar-refractivity contribution in [2.75, 3.05) is 17.1 Å². The molecule has 2 amide bonds. The summed E-state index contributed by atoms with van der Waals surface area (Å²) >= 11 is 3.49. The lowest BCUT2D eigenvalue weighted by atomic mass is 10.0. The Balaban J connectivity index is 2.10. The molecule has 214 valence electrons. The molecule has 0 aromatic heterocycles. The van der Waals surface area contributed by atoms with E-state index in [1.54, 1.807) is 12.1 Å². The number of carbonyl (C=O) groups is 2. The molecule has 0 fully saturated rings. The molecule has 0 saturated heterocycles. The van der Waals surface area contributed by atoms with Crippen molar-refractivity contribution in [3.63, 3.8) is 0 Å². The number of nitrogens with one attached hydrogen (secondary N) is 1. The van der Waals surface area contributed by atoms with Crippen molar-refractivity contribution in [1.82, 2.24) is 10.2 Å². The van der Waals surface area contributed by atoms with E-state index < -0.39 is 34.1 Å². The third kappa shape index (κ3) is 8.66. The van der Waals surface area contributed by atoms with Crippen LogP contribution in [-0.2, 0) is 32.6 Å². The van der Waals surface area contributed by atoms with Crippen LogP contribution >= 0.6 is 15.9 Å². The van der Waals surface area contributed by atoms with Gasteiger partial charge < -0.3 is 10.2 Å². The molecule has 3 rings (SSSR count). The molecule has 3 aromatic rings. The number of rotatable bonds is 10. The van der Waals surface area contributed by atoms with Gasteiger partial charge in [-0.05, 0) is 75.1 Å². The first kappa shape index (κ1) is 31.4. The van der Waals surface area contributed by atoms with Crippen molar-refractivity contribution in [3.05, 3.63) is 99.5 Å². The number of hydrogen-bond donors (Lipinski definition) is 1. The van der Waals surface area contributed by atoms with E-state index in [0.29, 0.717) is 5.69 Å². The molecule has 0 saturated carbocycles. The van der Waals surface area contributed by atoms with Crippen molar-refractivity contribution in [2.24, 2.45) is 0 Å². The van der Waals surface area contributed by atoms with Gasteiger partial charge in [0.1, 0.15) is 12.6 Å². The van der Waals surface area contributed by atoms with Crippen LogP contribution in [0.1, 0.15) is 43.0 Å². The Morgan fingerprint density at radius 1 is 0.925 bits per heavy atom. The highest BCUT2D eigenvalue weighted by atomic mass is 79.9. The molecule has 0 spiro atoms. The van der Waals surface area contributed by atoms with Crippen molar-refractivity contribution in [2.45, 2.75) is 59.2 Å². The first-order chi connectivity index (χ1) is 18.7. The van der Waals surface area contributed by atoms with E-state index >= 15 is 0 Å². The molecule has 0 heterocycles. The monoisotopic (exact) mass is 627 g/mol. The molecule has 1 N–H and O–H groups in total. The zero-order valence-corrected chi connectivity index (χ0v) is 26.3. The topological polar surface area (TPSA) is 86.8 Å². The summed E-state index contributed by atoms with van der Waals surface area (Å²) in [7, 11) is -3.82. The summed E-state index contributed by atoms with van der Waals surface area (Å²) in [6.45, 7) is 9.07. The lowest BCUT2D eigenvalue weighted by Gasteiger charge is -2.35. The molecule has 0 aliphatic heterocycles. The van der Waals surface area contributed by atoms with Gasteiger partial charge in [0.15, 0.2) is 0 Å². The van der Waals surface area contributed by atoms with Gasteiger partial charge in [-0.25, -0.2) is 8.42 Å². The van der Waals surface area contributed by atoms with Gasteiger partial charge in [-0.2, -0.15) is 0 Å². The zero-order chi connectivity index (χ0) is 29.7. The maximum atomic E-state index is 14.2. The summed E-state index contributed by atoms with van der Waals surface area (Å²) in [5.41, 5.74) is 3.28. The number of halogens is 1. The first-order valence-electron chi connectivity index (χ1n) is 13.1. The molecule has 1 atom stereocenters. The fourth-order valence-electron chi connectivity index (χ4n) is 4.44. The number of aryl methyl sites for hydroxylation is 1. The Bertz CT molecular complexity index is 1450. The highest BCUT2D eigenvalue weighted by Crippen LogP contribution is 2.26. The number of nitrogens with zero attached hydrogens (tertiary/aromatic N) is 2. The van der Waals surface area contributed by atoms with Gasteiger partial charge in [-0.1, -0.05) is 70.5 Å². The van der Waals surface area contributed by atoms with Crippen LogP contribution < -0.4 is 9.62 Å². The molecule has 7 nitrogen and oxygen atoms in total. The van der Waals surface area contributed by atoms with Crippen molar-refractivity contribution < 1.29 is 18.0 Å². The average molecular weight is 629 g/mol. The molecule has 0 bridgehead atoms. The minimum absolute atomic E-state index is 0.123.